The molecule has 1 heterocycles. The number of aryl methyl sites for hydroxylation is 3. The Hall–Kier alpha value is -2.48. The molecule has 0 radical (unpaired) electrons. The smallest absolute Gasteiger partial charge is 0.307 e. The van der Waals surface area contributed by atoms with Crippen LogP contribution < -0.4 is 10.0 Å². The number of carbonyl (C=O) groups excluding carboxylic acids is 1. The molecule has 2 N–H and O–H groups in total. The summed E-state index contributed by atoms with van der Waals surface area (Å²) in [5.74, 6) is 0. The average Bonchev–Trinajstić information content (AvgIpc) is 3.23. The van der Waals surface area contributed by atoms with E-state index in [4.69, 9.17) is 0 Å². The summed E-state index contributed by atoms with van der Waals surface area (Å²) in [7, 11) is -4.07. The Labute approximate surface area is 152 Å². The van der Waals surface area contributed by atoms with Crippen LogP contribution in [0.5, 0.6) is 0 Å². The maximum atomic E-state index is 12.5. The van der Waals surface area contributed by atoms with E-state index in [1.54, 1.807) is 6.92 Å². The highest BCUT2D eigenvalue weighted by Crippen LogP contribution is 2.38. The molecule has 0 fully saturated rings. The van der Waals surface area contributed by atoms with Gasteiger partial charge in [0.2, 0.25) is 5.03 Å². The van der Waals surface area contributed by atoms with Gasteiger partial charge in [0.1, 0.15) is 0 Å². The lowest BCUT2D eigenvalue weighted by atomic mass is 9.99. The number of aromatic nitrogens is 2. The zero-order valence-electron chi connectivity index (χ0n) is 14.5. The molecule has 26 heavy (non-hydrogen) atoms. The number of nitrogens with zero attached hydrogens (tertiary/aromatic N) is 2. The van der Waals surface area contributed by atoms with Crippen molar-refractivity contribution in [3.63, 3.8) is 0 Å². The van der Waals surface area contributed by atoms with E-state index in [2.05, 4.69) is 26.3 Å². The van der Waals surface area contributed by atoms with E-state index in [0.29, 0.717) is 5.56 Å². The minimum atomic E-state index is -4.07. The first kappa shape index (κ1) is 17.0. The predicted molar refractivity (Wildman–Crippen MR) is 96.6 cm³/mol. The molecule has 0 aliphatic heterocycles. The standard InChI is InChI=1S/C18H20N4O3S/c1-11-8-9-19-21-17(11)26(24,25)22-18(23)20-16-14-6-2-4-12(14)10-13-5-3-7-15(13)16/h8-10H,2-7H2,1H3,(H2,20,22,23). The Bertz CT molecular complexity index is 969. The van der Waals surface area contributed by atoms with Crippen molar-refractivity contribution in [1.29, 1.82) is 0 Å². The molecular formula is C18H20N4O3S. The first-order valence-electron chi connectivity index (χ1n) is 8.74. The fourth-order valence-corrected chi connectivity index (χ4v) is 4.96. The number of anilines is 1. The third kappa shape index (κ3) is 2.94. The molecule has 0 atom stereocenters. The van der Waals surface area contributed by atoms with Gasteiger partial charge in [-0.05, 0) is 79.3 Å². The van der Waals surface area contributed by atoms with Crippen molar-refractivity contribution in [2.45, 2.75) is 50.5 Å². The van der Waals surface area contributed by atoms with Gasteiger partial charge in [0.15, 0.2) is 0 Å². The van der Waals surface area contributed by atoms with Crippen molar-refractivity contribution >= 4 is 21.7 Å². The van der Waals surface area contributed by atoms with Crippen molar-refractivity contribution in [1.82, 2.24) is 14.9 Å². The Kier molecular flexibility index (Phi) is 4.14. The zero-order valence-corrected chi connectivity index (χ0v) is 15.3. The molecule has 1 aromatic heterocycles. The summed E-state index contributed by atoms with van der Waals surface area (Å²) in [5, 5.41) is 9.82. The number of benzene rings is 1. The van der Waals surface area contributed by atoms with Gasteiger partial charge < -0.3 is 5.32 Å². The molecule has 0 saturated carbocycles. The minimum absolute atomic E-state index is 0.237. The average molecular weight is 372 g/mol. The van der Waals surface area contributed by atoms with Crippen LogP contribution in [0.3, 0.4) is 0 Å². The fraction of sp³-hybridized carbons (Fsp3) is 0.389. The lowest BCUT2D eigenvalue weighted by molar-refractivity contribution is 0.256. The van der Waals surface area contributed by atoms with Gasteiger partial charge >= 0.3 is 6.03 Å². The number of amides is 2. The third-order valence-corrected chi connectivity index (χ3v) is 6.44. The van der Waals surface area contributed by atoms with Crippen LogP contribution in [0.1, 0.15) is 40.7 Å². The molecule has 4 rings (SSSR count). The monoisotopic (exact) mass is 372 g/mol. The second kappa shape index (κ2) is 6.35. The molecule has 0 unspecified atom stereocenters. The topological polar surface area (TPSA) is 101 Å². The van der Waals surface area contributed by atoms with Crippen LogP contribution in [0.25, 0.3) is 0 Å². The van der Waals surface area contributed by atoms with E-state index >= 15 is 0 Å². The molecule has 0 spiro atoms. The van der Waals surface area contributed by atoms with E-state index in [1.807, 2.05) is 0 Å². The summed E-state index contributed by atoms with van der Waals surface area (Å²) in [5.41, 5.74) is 6.07. The number of nitrogens with one attached hydrogen (secondary N) is 2. The van der Waals surface area contributed by atoms with Crippen LogP contribution in [0.4, 0.5) is 10.5 Å². The van der Waals surface area contributed by atoms with E-state index in [1.165, 1.54) is 23.4 Å². The normalized spacial score (nSPS) is 15.4. The molecule has 136 valence electrons. The number of carbonyl (C=O) groups is 1. The van der Waals surface area contributed by atoms with Crippen molar-refractivity contribution in [2.24, 2.45) is 0 Å². The SMILES string of the molecule is Cc1ccnnc1S(=O)(=O)NC(=O)Nc1c2c(cc3c1CCC3)CCC2. The highest BCUT2D eigenvalue weighted by Gasteiger charge is 2.27. The van der Waals surface area contributed by atoms with Gasteiger partial charge in [-0.3, -0.25) is 0 Å². The number of fused-ring (bicyclic) bond motifs is 2. The van der Waals surface area contributed by atoms with Gasteiger partial charge in [-0.15, -0.1) is 5.10 Å². The summed E-state index contributed by atoms with van der Waals surface area (Å²) >= 11 is 0. The van der Waals surface area contributed by atoms with Gasteiger partial charge in [-0.2, -0.15) is 13.5 Å². The van der Waals surface area contributed by atoms with Crippen LogP contribution in [-0.2, 0) is 35.7 Å². The van der Waals surface area contributed by atoms with Crippen LogP contribution in [0, 0.1) is 6.92 Å². The number of hydrogen-bond donors (Lipinski definition) is 2. The summed E-state index contributed by atoms with van der Waals surface area (Å²) < 4.78 is 27.0. The Morgan fingerprint density at radius 2 is 1.73 bits per heavy atom. The molecule has 2 aliphatic rings. The second-order valence-electron chi connectivity index (χ2n) is 6.81. The second-order valence-corrected chi connectivity index (χ2v) is 8.41. The molecule has 7 nitrogen and oxygen atoms in total. The van der Waals surface area contributed by atoms with Gasteiger partial charge in [0.25, 0.3) is 10.0 Å². The molecule has 0 saturated heterocycles. The molecule has 2 aromatic rings. The summed E-state index contributed by atoms with van der Waals surface area (Å²) in [4.78, 5) is 12.5. The highest BCUT2D eigenvalue weighted by molar-refractivity contribution is 7.90. The van der Waals surface area contributed by atoms with E-state index in [-0.39, 0.29) is 5.03 Å². The highest BCUT2D eigenvalue weighted by atomic mass is 32.2. The third-order valence-electron chi connectivity index (χ3n) is 5.07. The van der Waals surface area contributed by atoms with Crippen LogP contribution >= 0.6 is 0 Å². The van der Waals surface area contributed by atoms with Gasteiger partial charge in [0.05, 0.1) is 0 Å². The van der Waals surface area contributed by atoms with E-state index < -0.39 is 16.1 Å². The first-order valence-corrected chi connectivity index (χ1v) is 10.2. The van der Waals surface area contributed by atoms with Crippen molar-refractivity contribution in [3.8, 4) is 0 Å². The molecule has 0 bridgehead atoms. The van der Waals surface area contributed by atoms with Crippen molar-refractivity contribution in [3.05, 3.63) is 46.1 Å². The van der Waals surface area contributed by atoms with Crippen LogP contribution in [0.2, 0.25) is 0 Å². The van der Waals surface area contributed by atoms with E-state index in [9.17, 15) is 13.2 Å². The maximum absolute atomic E-state index is 12.5. The van der Waals surface area contributed by atoms with Gasteiger partial charge in [0, 0.05) is 11.9 Å². The predicted octanol–water partition coefficient (Wildman–Crippen LogP) is 2.27. The van der Waals surface area contributed by atoms with Crippen molar-refractivity contribution < 1.29 is 13.2 Å². The quantitative estimate of drug-likeness (QED) is 0.861. The number of urea groups is 1. The van der Waals surface area contributed by atoms with Crippen molar-refractivity contribution in [2.75, 3.05) is 5.32 Å². The first-order chi connectivity index (χ1) is 12.5. The Morgan fingerprint density at radius 1 is 1.08 bits per heavy atom. The Balaban J connectivity index is 1.61. The molecule has 1 aromatic carbocycles. The number of sulfonamides is 1. The number of rotatable bonds is 3. The van der Waals surface area contributed by atoms with E-state index in [0.717, 1.165) is 55.3 Å². The number of hydrogen-bond acceptors (Lipinski definition) is 5. The minimum Gasteiger partial charge on any atom is -0.307 e. The summed E-state index contributed by atoms with van der Waals surface area (Å²) in [6.45, 7) is 1.61. The van der Waals surface area contributed by atoms with Gasteiger partial charge in [-0.25, -0.2) is 9.52 Å². The maximum Gasteiger partial charge on any atom is 0.333 e. The molecule has 2 amide bonds. The molecular weight excluding hydrogens is 352 g/mol. The molecule has 8 heteroatoms. The lowest BCUT2D eigenvalue weighted by Gasteiger charge is -2.16. The Morgan fingerprint density at radius 3 is 2.35 bits per heavy atom. The summed E-state index contributed by atoms with van der Waals surface area (Å²) in [6, 6.07) is 3.04. The molecule has 2 aliphatic carbocycles. The zero-order chi connectivity index (χ0) is 18.3. The largest absolute Gasteiger partial charge is 0.333 e. The fourth-order valence-electron chi connectivity index (χ4n) is 3.92. The van der Waals surface area contributed by atoms with Gasteiger partial charge in [-0.1, -0.05) is 6.07 Å². The summed E-state index contributed by atoms with van der Waals surface area (Å²) in [6.07, 6.45) is 7.37. The lowest BCUT2D eigenvalue weighted by Crippen LogP contribution is -2.35. The van der Waals surface area contributed by atoms with Crippen LogP contribution in [-0.4, -0.2) is 24.6 Å². The van der Waals surface area contributed by atoms with Crippen LogP contribution in [0.15, 0.2) is 23.4 Å².